The fourth-order valence-corrected chi connectivity index (χ4v) is 2.56. The van der Waals surface area contributed by atoms with Crippen LogP contribution in [0, 0.1) is 0 Å². The second kappa shape index (κ2) is 11.0. The lowest BCUT2D eigenvalue weighted by atomic mass is 10.1. The van der Waals surface area contributed by atoms with Gasteiger partial charge in [-0.2, -0.15) is 0 Å². The number of nitrogens with one attached hydrogen (secondary N) is 2. The predicted molar refractivity (Wildman–Crippen MR) is 110 cm³/mol. The summed E-state index contributed by atoms with van der Waals surface area (Å²) in [6, 6.07) is 7.44. The molecule has 1 aromatic heterocycles. The zero-order valence-electron chi connectivity index (χ0n) is 17.0. The van der Waals surface area contributed by atoms with Crippen molar-refractivity contribution in [1.29, 1.82) is 0 Å². The number of pyridine rings is 1. The highest BCUT2D eigenvalue weighted by Crippen LogP contribution is 2.35. The Morgan fingerprint density at radius 1 is 0.929 bits per heavy atom. The summed E-state index contributed by atoms with van der Waals surface area (Å²) in [5.41, 5.74) is 1.62. The van der Waals surface area contributed by atoms with E-state index in [2.05, 4.69) is 15.6 Å². The number of ether oxygens (including phenoxy) is 3. The minimum absolute atomic E-state index is 0.0401. The lowest BCUT2D eigenvalue weighted by molar-refractivity contribution is -0.115. The number of amides is 1. The maximum atomic E-state index is 11.4. The lowest BCUT2D eigenvalue weighted by Gasteiger charge is -2.17. The average molecular weight is 387 g/mol. The third kappa shape index (κ3) is 6.04. The van der Waals surface area contributed by atoms with Gasteiger partial charge in [0.25, 0.3) is 0 Å². The van der Waals surface area contributed by atoms with Crippen molar-refractivity contribution in [3.63, 3.8) is 0 Å². The molecule has 1 aromatic carbocycles. The van der Waals surface area contributed by atoms with Gasteiger partial charge in [-0.15, -0.1) is 0 Å². The van der Waals surface area contributed by atoms with Gasteiger partial charge in [-0.25, -0.2) is 4.98 Å². The number of hydrogen-bond acceptors (Lipinski definition) is 6. The van der Waals surface area contributed by atoms with E-state index in [0.717, 1.165) is 11.3 Å². The highest BCUT2D eigenvalue weighted by molar-refractivity contribution is 5.90. The Morgan fingerprint density at radius 3 is 2.14 bits per heavy atom. The molecule has 0 saturated carbocycles. The summed E-state index contributed by atoms with van der Waals surface area (Å²) >= 11 is 0. The number of carbonyl (C=O) groups is 1. The minimum atomic E-state index is -0.0401. The molecule has 0 radical (unpaired) electrons. The molecule has 0 saturated heterocycles. The van der Waals surface area contributed by atoms with Gasteiger partial charge in [0.05, 0.1) is 31.7 Å². The molecule has 0 spiro atoms. The Morgan fingerprint density at radius 2 is 1.57 bits per heavy atom. The van der Waals surface area contributed by atoms with Crippen molar-refractivity contribution in [2.45, 2.75) is 40.7 Å². The Labute approximate surface area is 166 Å². The van der Waals surface area contributed by atoms with Gasteiger partial charge in [0.15, 0.2) is 11.5 Å². The van der Waals surface area contributed by atoms with Gasteiger partial charge in [0.2, 0.25) is 5.91 Å². The highest BCUT2D eigenvalue weighted by Gasteiger charge is 2.13. The summed E-state index contributed by atoms with van der Waals surface area (Å²) in [5.74, 6) is 2.76. The fourth-order valence-electron chi connectivity index (χ4n) is 2.56. The molecule has 0 aliphatic carbocycles. The molecule has 0 aliphatic rings. The molecule has 1 amide bonds. The van der Waals surface area contributed by atoms with Crippen molar-refractivity contribution in [3.05, 3.63) is 36.0 Å². The molecule has 28 heavy (non-hydrogen) atoms. The van der Waals surface area contributed by atoms with E-state index < -0.39 is 0 Å². The van der Waals surface area contributed by atoms with Crippen LogP contribution in [-0.4, -0.2) is 30.7 Å². The second-order valence-corrected chi connectivity index (χ2v) is 5.89. The normalized spacial score (nSPS) is 10.3. The van der Waals surface area contributed by atoms with Gasteiger partial charge < -0.3 is 24.8 Å². The van der Waals surface area contributed by atoms with Crippen LogP contribution in [0.1, 0.15) is 39.7 Å². The van der Waals surface area contributed by atoms with Gasteiger partial charge in [0.1, 0.15) is 11.6 Å². The van der Waals surface area contributed by atoms with Crippen LogP contribution in [0.15, 0.2) is 30.5 Å². The zero-order chi connectivity index (χ0) is 20.4. The van der Waals surface area contributed by atoms with E-state index in [0.29, 0.717) is 55.8 Å². The van der Waals surface area contributed by atoms with E-state index in [1.54, 1.807) is 6.20 Å². The van der Waals surface area contributed by atoms with Gasteiger partial charge in [-0.3, -0.25) is 4.79 Å². The number of rotatable bonds is 11. The van der Waals surface area contributed by atoms with Crippen LogP contribution in [0.4, 0.5) is 11.5 Å². The third-order valence-corrected chi connectivity index (χ3v) is 3.85. The first-order valence-electron chi connectivity index (χ1n) is 9.66. The molecular weight excluding hydrogens is 358 g/mol. The Bertz CT molecular complexity index is 763. The predicted octanol–water partition coefficient (Wildman–Crippen LogP) is 4.24. The molecule has 152 valence electrons. The Hall–Kier alpha value is -2.96. The molecular formula is C21H29N3O4. The van der Waals surface area contributed by atoms with Gasteiger partial charge in [-0.05, 0) is 39.0 Å². The first-order chi connectivity index (χ1) is 13.6. The monoisotopic (exact) mass is 387 g/mol. The smallest absolute Gasteiger partial charge is 0.224 e. The van der Waals surface area contributed by atoms with Crippen LogP contribution in [0.25, 0.3) is 0 Å². The molecule has 7 nitrogen and oxygen atoms in total. The zero-order valence-corrected chi connectivity index (χ0v) is 17.0. The van der Waals surface area contributed by atoms with Crippen LogP contribution in [0.2, 0.25) is 0 Å². The van der Waals surface area contributed by atoms with Crippen LogP contribution < -0.4 is 24.8 Å². The first-order valence-corrected chi connectivity index (χ1v) is 9.66. The number of benzene rings is 1. The third-order valence-electron chi connectivity index (χ3n) is 3.85. The molecule has 0 atom stereocenters. The van der Waals surface area contributed by atoms with Crippen molar-refractivity contribution in [2.75, 3.05) is 30.5 Å². The second-order valence-electron chi connectivity index (χ2n) is 5.89. The standard InChI is InChI=1S/C21H29N3O4/c1-5-21(25)24-16-9-10-20(23-14-16)22-13-15-11-18(27-7-3)19(28-8-4)12-17(15)26-6-2/h9-12,14H,5-8,13H2,1-4H3,(H,22,23)(H,24,25). The summed E-state index contributed by atoms with van der Waals surface area (Å²) < 4.78 is 17.2. The number of nitrogens with zero attached hydrogens (tertiary/aromatic N) is 1. The van der Waals surface area contributed by atoms with Crippen LogP contribution in [-0.2, 0) is 11.3 Å². The van der Waals surface area contributed by atoms with Gasteiger partial charge >= 0.3 is 0 Å². The first kappa shape index (κ1) is 21.3. The molecule has 0 bridgehead atoms. The molecule has 2 rings (SSSR count). The van der Waals surface area contributed by atoms with E-state index in [1.165, 1.54) is 0 Å². The Kier molecular flexibility index (Phi) is 8.39. The molecule has 7 heteroatoms. The summed E-state index contributed by atoms with van der Waals surface area (Å²) in [6.07, 6.45) is 2.06. The van der Waals surface area contributed by atoms with E-state index in [-0.39, 0.29) is 5.91 Å². The Balaban J connectivity index is 2.15. The topological polar surface area (TPSA) is 81.7 Å². The van der Waals surface area contributed by atoms with Crippen LogP contribution in [0.5, 0.6) is 17.2 Å². The minimum Gasteiger partial charge on any atom is -0.493 e. The average Bonchev–Trinajstić information content (AvgIpc) is 2.70. The van der Waals surface area contributed by atoms with E-state index in [4.69, 9.17) is 14.2 Å². The number of anilines is 2. The van der Waals surface area contributed by atoms with Crippen molar-refractivity contribution >= 4 is 17.4 Å². The fraction of sp³-hybridized carbons (Fsp3) is 0.429. The van der Waals surface area contributed by atoms with Crippen LogP contribution in [0.3, 0.4) is 0 Å². The van der Waals surface area contributed by atoms with Crippen molar-refractivity contribution in [1.82, 2.24) is 4.98 Å². The summed E-state index contributed by atoms with van der Waals surface area (Å²) in [7, 11) is 0. The molecule has 2 aromatic rings. The van der Waals surface area contributed by atoms with E-state index >= 15 is 0 Å². The quantitative estimate of drug-likeness (QED) is 0.600. The molecule has 2 N–H and O–H groups in total. The number of aromatic nitrogens is 1. The SMILES string of the molecule is CCOc1cc(OCC)c(OCC)cc1CNc1ccc(NC(=O)CC)cn1. The highest BCUT2D eigenvalue weighted by atomic mass is 16.5. The number of carbonyl (C=O) groups excluding carboxylic acids is 1. The summed E-state index contributed by atoms with van der Waals surface area (Å²) in [4.78, 5) is 15.8. The molecule has 0 unspecified atom stereocenters. The van der Waals surface area contributed by atoms with Crippen LogP contribution >= 0.6 is 0 Å². The maximum absolute atomic E-state index is 11.4. The molecule has 1 heterocycles. The van der Waals surface area contributed by atoms with Crippen molar-refractivity contribution in [2.24, 2.45) is 0 Å². The lowest BCUT2D eigenvalue weighted by Crippen LogP contribution is -2.10. The van der Waals surface area contributed by atoms with E-state index in [1.807, 2.05) is 52.0 Å². The maximum Gasteiger partial charge on any atom is 0.224 e. The largest absolute Gasteiger partial charge is 0.493 e. The molecule has 0 fully saturated rings. The van der Waals surface area contributed by atoms with Crippen molar-refractivity contribution < 1.29 is 19.0 Å². The molecule has 0 aliphatic heterocycles. The van der Waals surface area contributed by atoms with Crippen molar-refractivity contribution in [3.8, 4) is 17.2 Å². The number of hydrogen-bond donors (Lipinski definition) is 2. The summed E-state index contributed by atoms with van der Waals surface area (Å²) in [5, 5.41) is 6.05. The van der Waals surface area contributed by atoms with Gasteiger partial charge in [-0.1, -0.05) is 6.92 Å². The summed E-state index contributed by atoms with van der Waals surface area (Å²) in [6.45, 7) is 9.78. The van der Waals surface area contributed by atoms with E-state index in [9.17, 15) is 4.79 Å². The van der Waals surface area contributed by atoms with Gasteiger partial charge in [0, 0.05) is 24.6 Å².